The number of carboxylic acids is 1. The third kappa shape index (κ3) is 1.52. The highest BCUT2D eigenvalue weighted by Gasteiger charge is 2.49. The van der Waals surface area contributed by atoms with Crippen LogP contribution in [0.4, 0.5) is 0 Å². The molecule has 0 amide bonds. The van der Waals surface area contributed by atoms with Crippen molar-refractivity contribution in [2.24, 2.45) is 17.8 Å². The molecule has 2 aliphatic rings. The van der Waals surface area contributed by atoms with Crippen molar-refractivity contribution in [2.75, 3.05) is 0 Å². The zero-order chi connectivity index (χ0) is 11.2. The Morgan fingerprint density at radius 2 is 2.20 bits per heavy atom. The number of aliphatic carboxylic acids is 1. The Morgan fingerprint density at radius 1 is 1.53 bits per heavy atom. The number of carbonyl (C=O) groups is 1. The average molecular weight is 214 g/mol. The summed E-state index contributed by atoms with van der Waals surface area (Å²) in [6.45, 7) is 1.80. The summed E-state index contributed by atoms with van der Waals surface area (Å²) in [5.74, 6) is -1.82. The van der Waals surface area contributed by atoms with E-state index in [1.807, 2.05) is 0 Å². The maximum atomic E-state index is 10.9. The molecule has 1 saturated carbocycles. The minimum absolute atomic E-state index is 0.145. The second kappa shape index (κ2) is 3.50. The van der Waals surface area contributed by atoms with Crippen LogP contribution in [0.3, 0.4) is 0 Å². The van der Waals surface area contributed by atoms with Crippen LogP contribution in [0.25, 0.3) is 0 Å². The number of fused-ring (bicyclic) bond motifs is 1. The van der Waals surface area contributed by atoms with Gasteiger partial charge in [-0.2, -0.15) is 0 Å². The van der Waals surface area contributed by atoms with Crippen molar-refractivity contribution in [3.05, 3.63) is 11.8 Å². The lowest BCUT2D eigenvalue weighted by Crippen LogP contribution is -2.36. The molecule has 5 atom stereocenters. The van der Waals surface area contributed by atoms with Gasteiger partial charge in [0.2, 0.25) is 0 Å². The molecule has 0 bridgehead atoms. The molecule has 2 rings (SSSR count). The number of rotatable bonds is 1. The fraction of sp³-hybridized carbons (Fsp3) is 0.700. The third-order valence-corrected chi connectivity index (χ3v) is 3.48. The van der Waals surface area contributed by atoms with Gasteiger partial charge in [0.25, 0.3) is 0 Å². The predicted molar refractivity (Wildman–Crippen MR) is 49.6 cm³/mol. The Morgan fingerprint density at radius 3 is 2.80 bits per heavy atom. The number of carboxylic acid groups (broad SMARTS) is 1. The largest absolute Gasteiger partial charge is 0.478 e. The van der Waals surface area contributed by atoms with Gasteiger partial charge in [0.1, 0.15) is 0 Å². The van der Waals surface area contributed by atoms with Gasteiger partial charge in [0, 0.05) is 11.8 Å². The maximum absolute atomic E-state index is 10.9. The van der Waals surface area contributed by atoms with Gasteiger partial charge in [0.15, 0.2) is 6.29 Å². The molecule has 84 valence electrons. The van der Waals surface area contributed by atoms with Crippen molar-refractivity contribution in [3.8, 4) is 0 Å². The lowest BCUT2D eigenvalue weighted by Gasteiger charge is -2.31. The average Bonchev–Trinajstić information content (AvgIpc) is 2.44. The van der Waals surface area contributed by atoms with Gasteiger partial charge in [-0.15, -0.1) is 0 Å². The lowest BCUT2D eigenvalue weighted by molar-refractivity contribution is -0.142. The second-order valence-electron chi connectivity index (χ2n) is 4.25. The van der Waals surface area contributed by atoms with Gasteiger partial charge >= 0.3 is 5.97 Å². The first-order valence-corrected chi connectivity index (χ1v) is 4.97. The second-order valence-corrected chi connectivity index (χ2v) is 4.25. The van der Waals surface area contributed by atoms with Crippen molar-refractivity contribution in [2.45, 2.75) is 25.7 Å². The fourth-order valence-corrected chi connectivity index (χ4v) is 2.58. The molecule has 0 aromatic heterocycles. The molecule has 1 fully saturated rings. The van der Waals surface area contributed by atoms with Crippen LogP contribution in [0.5, 0.6) is 0 Å². The summed E-state index contributed by atoms with van der Waals surface area (Å²) < 4.78 is 4.89. The van der Waals surface area contributed by atoms with Crippen LogP contribution in [0, 0.1) is 17.8 Å². The van der Waals surface area contributed by atoms with Gasteiger partial charge in [0.05, 0.1) is 17.9 Å². The quantitative estimate of drug-likeness (QED) is 0.569. The van der Waals surface area contributed by atoms with Crippen LogP contribution in [-0.2, 0) is 9.53 Å². The molecule has 0 aromatic rings. The summed E-state index contributed by atoms with van der Waals surface area (Å²) >= 11 is 0. The van der Waals surface area contributed by atoms with E-state index in [4.69, 9.17) is 9.84 Å². The summed E-state index contributed by atoms with van der Waals surface area (Å²) in [4.78, 5) is 10.9. The van der Waals surface area contributed by atoms with E-state index in [0.717, 1.165) is 6.26 Å². The Labute approximate surface area is 87.0 Å². The van der Waals surface area contributed by atoms with E-state index in [0.29, 0.717) is 6.42 Å². The first-order valence-electron chi connectivity index (χ1n) is 4.97. The Kier molecular flexibility index (Phi) is 2.44. The molecule has 1 aliphatic carbocycles. The number of ether oxygens (including phenoxy) is 1. The summed E-state index contributed by atoms with van der Waals surface area (Å²) in [6.07, 6.45) is -0.104. The van der Waals surface area contributed by atoms with Crippen molar-refractivity contribution in [3.63, 3.8) is 0 Å². The Bertz CT molecular complexity index is 311. The summed E-state index contributed by atoms with van der Waals surface area (Å²) in [7, 11) is 0. The summed E-state index contributed by atoms with van der Waals surface area (Å²) in [5, 5.41) is 28.2. The zero-order valence-corrected chi connectivity index (χ0v) is 8.33. The smallest absolute Gasteiger partial charge is 0.334 e. The predicted octanol–water partition coefficient (Wildman–Crippen LogP) is -0.0634. The van der Waals surface area contributed by atoms with Gasteiger partial charge in [-0.05, 0) is 12.3 Å². The lowest BCUT2D eigenvalue weighted by atomic mass is 9.83. The van der Waals surface area contributed by atoms with Crippen molar-refractivity contribution in [1.82, 2.24) is 0 Å². The van der Waals surface area contributed by atoms with Crippen LogP contribution in [0.2, 0.25) is 0 Å². The molecule has 1 heterocycles. The highest BCUT2D eigenvalue weighted by Crippen LogP contribution is 2.45. The Balaban J connectivity index is 2.31. The van der Waals surface area contributed by atoms with Gasteiger partial charge in [-0.3, -0.25) is 0 Å². The molecular weight excluding hydrogens is 200 g/mol. The SMILES string of the molecule is C[C@@H]1[C@H]2[C@H](O)OC=C(C(=O)O)[C@H]2C[C@@H]1O. The molecular formula is C10H14O5. The molecule has 0 spiro atoms. The Hall–Kier alpha value is -1.07. The van der Waals surface area contributed by atoms with Crippen LogP contribution in [-0.4, -0.2) is 33.7 Å². The van der Waals surface area contributed by atoms with Crippen LogP contribution in [0.1, 0.15) is 13.3 Å². The highest BCUT2D eigenvalue weighted by atomic mass is 16.6. The first kappa shape index (κ1) is 10.4. The monoisotopic (exact) mass is 214 g/mol. The highest BCUT2D eigenvalue weighted by molar-refractivity contribution is 5.87. The standard InChI is InChI=1S/C10H14O5/c1-4-7(11)2-5-6(9(12)13)3-15-10(14)8(4)5/h3-5,7-8,10-11,14H,2H2,1H3,(H,12,13)/t4-,5+,7-,8+,10+/m0/s1. The molecule has 0 aromatic carbocycles. The van der Waals surface area contributed by atoms with Crippen molar-refractivity contribution in [1.29, 1.82) is 0 Å². The van der Waals surface area contributed by atoms with Crippen molar-refractivity contribution < 1.29 is 24.9 Å². The molecule has 1 aliphatic heterocycles. The summed E-state index contributed by atoms with van der Waals surface area (Å²) in [5.41, 5.74) is 0.147. The topological polar surface area (TPSA) is 87.0 Å². The van der Waals surface area contributed by atoms with Crippen LogP contribution in [0.15, 0.2) is 11.8 Å². The van der Waals surface area contributed by atoms with Gasteiger partial charge in [-0.25, -0.2) is 4.79 Å². The molecule has 5 nitrogen and oxygen atoms in total. The number of hydrogen-bond acceptors (Lipinski definition) is 4. The fourth-order valence-electron chi connectivity index (χ4n) is 2.58. The zero-order valence-electron chi connectivity index (χ0n) is 8.33. The first-order chi connectivity index (χ1) is 7.02. The molecule has 0 radical (unpaired) electrons. The molecule has 5 heteroatoms. The van der Waals surface area contributed by atoms with Gasteiger partial charge < -0.3 is 20.1 Å². The van der Waals surface area contributed by atoms with E-state index >= 15 is 0 Å². The minimum atomic E-state index is -1.04. The van der Waals surface area contributed by atoms with E-state index in [9.17, 15) is 15.0 Å². The number of hydrogen-bond donors (Lipinski definition) is 3. The third-order valence-electron chi connectivity index (χ3n) is 3.48. The van der Waals surface area contributed by atoms with Crippen LogP contribution < -0.4 is 0 Å². The normalized spacial score (nSPS) is 44.2. The molecule has 0 unspecified atom stereocenters. The van der Waals surface area contributed by atoms with E-state index < -0.39 is 18.4 Å². The van der Waals surface area contributed by atoms with E-state index in [2.05, 4.69) is 0 Å². The number of aliphatic hydroxyl groups excluding tert-OH is 2. The van der Waals surface area contributed by atoms with E-state index in [1.54, 1.807) is 6.92 Å². The van der Waals surface area contributed by atoms with Crippen LogP contribution >= 0.6 is 0 Å². The van der Waals surface area contributed by atoms with E-state index in [1.165, 1.54) is 0 Å². The maximum Gasteiger partial charge on any atom is 0.334 e. The van der Waals surface area contributed by atoms with E-state index in [-0.39, 0.29) is 23.3 Å². The van der Waals surface area contributed by atoms with Crippen molar-refractivity contribution >= 4 is 5.97 Å². The minimum Gasteiger partial charge on any atom is -0.478 e. The summed E-state index contributed by atoms with van der Waals surface area (Å²) in [6, 6.07) is 0. The van der Waals surface area contributed by atoms with Gasteiger partial charge in [-0.1, -0.05) is 6.92 Å². The molecule has 3 N–H and O–H groups in total. The molecule has 0 saturated heterocycles. The molecule has 15 heavy (non-hydrogen) atoms. The number of aliphatic hydroxyl groups is 2.